The molecule has 1 fully saturated rings. The molecule has 2 aromatic rings. The first kappa shape index (κ1) is 22.5. The molecule has 1 aromatic heterocycles. The van der Waals surface area contributed by atoms with E-state index >= 15 is 0 Å². The van der Waals surface area contributed by atoms with Crippen LogP contribution in [0.2, 0.25) is 5.02 Å². The van der Waals surface area contributed by atoms with Gasteiger partial charge in [0.25, 0.3) is 0 Å². The Morgan fingerprint density at radius 1 is 1.32 bits per heavy atom. The van der Waals surface area contributed by atoms with Gasteiger partial charge < -0.3 is 20.3 Å². The topological polar surface area (TPSA) is 96.5 Å². The maximum absolute atomic E-state index is 14.7. The number of aromatic nitrogens is 2. The number of urea groups is 1. The normalized spacial score (nSPS) is 17.3. The second-order valence-electron chi connectivity index (χ2n) is 6.48. The average molecular weight is 462 g/mol. The minimum absolute atomic E-state index is 0.0747. The Hall–Kier alpha value is -3.15. The van der Waals surface area contributed by atoms with Gasteiger partial charge in [-0.05, 0) is 13.0 Å². The number of alkyl halides is 2. The van der Waals surface area contributed by atoms with Crippen LogP contribution in [0.1, 0.15) is 24.1 Å². The summed E-state index contributed by atoms with van der Waals surface area (Å²) in [6.07, 6.45) is 2.08. The van der Waals surface area contributed by atoms with E-state index < -0.39 is 47.4 Å². The number of hydrogen-bond donors (Lipinski definition) is 2. The molecule has 31 heavy (non-hydrogen) atoms. The molecule has 13 heteroatoms. The molecule has 0 radical (unpaired) electrons. The van der Waals surface area contributed by atoms with Crippen molar-refractivity contribution in [2.75, 3.05) is 13.1 Å². The van der Waals surface area contributed by atoms with Gasteiger partial charge in [-0.3, -0.25) is 4.79 Å². The molecule has 0 aliphatic carbocycles. The Bertz CT molecular complexity index is 979. The van der Waals surface area contributed by atoms with E-state index in [1.807, 2.05) is 0 Å². The third kappa shape index (κ3) is 4.95. The van der Waals surface area contributed by atoms with Gasteiger partial charge in [0.15, 0.2) is 0 Å². The molecule has 0 bridgehead atoms. The lowest BCUT2D eigenvalue weighted by atomic mass is 10.0. The lowest BCUT2D eigenvalue weighted by Gasteiger charge is -2.34. The van der Waals surface area contributed by atoms with Crippen LogP contribution in [0.15, 0.2) is 24.5 Å². The van der Waals surface area contributed by atoms with Crippen LogP contribution in [-0.2, 0) is 4.79 Å². The number of benzene rings is 1. The highest BCUT2D eigenvalue weighted by atomic mass is 35.5. The Kier molecular flexibility index (Phi) is 6.78. The first-order valence-electron chi connectivity index (χ1n) is 8.94. The van der Waals surface area contributed by atoms with E-state index in [2.05, 4.69) is 25.3 Å². The van der Waals surface area contributed by atoms with Crippen molar-refractivity contribution in [2.45, 2.75) is 25.6 Å². The Morgan fingerprint density at radius 3 is 2.65 bits per heavy atom. The maximum atomic E-state index is 14.7. The summed E-state index contributed by atoms with van der Waals surface area (Å²) in [5.41, 5.74) is -0.148. The third-order valence-electron chi connectivity index (χ3n) is 4.58. The standard InChI is InChI=1S/C18H16ClF4N5O3/c1-8-15(29)24-4-5-28(8)18(30)27-14(10-2-3-11(20)12(19)13(10)21)9-6-25-17(26-7-9)31-16(22)23/h2-3,6-8,14,16H,4-5H2,1H3,(H,24,29)(H,27,30)/t8-,14?/m1/s1. The number of hydrogen-bond acceptors (Lipinski definition) is 5. The minimum atomic E-state index is -3.15. The number of carbonyl (C=O) groups excluding carboxylic acids is 2. The lowest BCUT2D eigenvalue weighted by molar-refractivity contribution is -0.126. The molecule has 0 spiro atoms. The summed E-state index contributed by atoms with van der Waals surface area (Å²) < 4.78 is 57.1. The monoisotopic (exact) mass is 461 g/mol. The number of piperazine rings is 1. The molecule has 1 unspecified atom stereocenters. The van der Waals surface area contributed by atoms with Crippen molar-refractivity contribution in [3.8, 4) is 6.01 Å². The zero-order valence-electron chi connectivity index (χ0n) is 15.9. The number of nitrogens with zero attached hydrogens (tertiary/aromatic N) is 3. The average Bonchev–Trinajstić information content (AvgIpc) is 2.73. The van der Waals surface area contributed by atoms with Crippen LogP contribution < -0.4 is 15.4 Å². The second-order valence-corrected chi connectivity index (χ2v) is 6.86. The fourth-order valence-corrected chi connectivity index (χ4v) is 3.16. The largest absolute Gasteiger partial charge is 0.401 e. The summed E-state index contributed by atoms with van der Waals surface area (Å²) in [5, 5.41) is 4.35. The van der Waals surface area contributed by atoms with Gasteiger partial charge in [-0.1, -0.05) is 17.7 Å². The number of nitrogens with one attached hydrogen (secondary N) is 2. The van der Waals surface area contributed by atoms with Gasteiger partial charge >= 0.3 is 18.7 Å². The Balaban J connectivity index is 1.96. The SMILES string of the molecule is C[C@@H]1C(=O)NCCN1C(=O)NC(c1cnc(OC(F)F)nc1)c1ccc(F)c(Cl)c1F. The molecule has 1 aliphatic heterocycles. The highest BCUT2D eigenvalue weighted by molar-refractivity contribution is 6.31. The van der Waals surface area contributed by atoms with E-state index in [1.54, 1.807) is 0 Å². The van der Waals surface area contributed by atoms with Crippen molar-refractivity contribution in [1.82, 2.24) is 25.5 Å². The summed E-state index contributed by atoms with van der Waals surface area (Å²) in [5.74, 6) is -2.51. The summed E-state index contributed by atoms with van der Waals surface area (Å²) in [4.78, 5) is 33.1. The first-order chi connectivity index (χ1) is 14.7. The molecule has 1 aromatic carbocycles. The van der Waals surface area contributed by atoms with Crippen molar-refractivity contribution < 1.29 is 31.9 Å². The van der Waals surface area contributed by atoms with Crippen LogP contribution in [-0.4, -0.2) is 52.5 Å². The van der Waals surface area contributed by atoms with E-state index in [9.17, 15) is 27.2 Å². The van der Waals surface area contributed by atoms with Gasteiger partial charge in [0.05, 0.1) is 6.04 Å². The molecule has 2 heterocycles. The Labute approximate surface area is 178 Å². The number of rotatable bonds is 5. The van der Waals surface area contributed by atoms with Crippen LogP contribution in [0.5, 0.6) is 6.01 Å². The fraction of sp³-hybridized carbons (Fsp3) is 0.333. The molecule has 3 amide bonds. The molecule has 2 atom stereocenters. The quantitative estimate of drug-likeness (QED) is 0.527. The van der Waals surface area contributed by atoms with Crippen molar-refractivity contribution >= 4 is 23.5 Å². The molecular weight excluding hydrogens is 446 g/mol. The number of amides is 3. The van der Waals surface area contributed by atoms with Gasteiger partial charge in [0.2, 0.25) is 5.91 Å². The van der Waals surface area contributed by atoms with Gasteiger partial charge in [0.1, 0.15) is 22.7 Å². The predicted octanol–water partition coefficient (Wildman–Crippen LogP) is 2.63. The zero-order chi connectivity index (χ0) is 22.7. The molecule has 1 aliphatic rings. The van der Waals surface area contributed by atoms with Crippen LogP contribution in [0.4, 0.5) is 22.4 Å². The van der Waals surface area contributed by atoms with Crippen LogP contribution in [0, 0.1) is 11.6 Å². The third-order valence-corrected chi connectivity index (χ3v) is 4.93. The molecule has 1 saturated heterocycles. The first-order valence-corrected chi connectivity index (χ1v) is 9.31. The second kappa shape index (κ2) is 9.33. The summed E-state index contributed by atoms with van der Waals surface area (Å²) in [6, 6.07) is -1.45. The lowest BCUT2D eigenvalue weighted by Crippen LogP contribution is -2.58. The van der Waals surface area contributed by atoms with Crippen molar-refractivity contribution in [3.05, 3.63) is 52.3 Å². The van der Waals surface area contributed by atoms with E-state index in [0.29, 0.717) is 0 Å². The van der Waals surface area contributed by atoms with Crippen LogP contribution in [0.3, 0.4) is 0 Å². The molecule has 0 saturated carbocycles. The minimum Gasteiger partial charge on any atom is -0.401 e. The predicted molar refractivity (Wildman–Crippen MR) is 99.6 cm³/mol. The number of carbonyl (C=O) groups is 2. The maximum Gasteiger partial charge on any atom is 0.389 e. The zero-order valence-corrected chi connectivity index (χ0v) is 16.7. The fourth-order valence-electron chi connectivity index (χ4n) is 2.99. The molecule has 2 N–H and O–H groups in total. The van der Waals surface area contributed by atoms with E-state index in [4.69, 9.17) is 11.6 Å². The van der Waals surface area contributed by atoms with Crippen molar-refractivity contribution in [3.63, 3.8) is 0 Å². The smallest absolute Gasteiger partial charge is 0.389 e. The summed E-state index contributed by atoms with van der Waals surface area (Å²) in [7, 11) is 0. The van der Waals surface area contributed by atoms with Gasteiger partial charge in [-0.25, -0.2) is 23.5 Å². The van der Waals surface area contributed by atoms with Crippen LogP contribution >= 0.6 is 11.6 Å². The van der Waals surface area contributed by atoms with Gasteiger partial charge in [-0.2, -0.15) is 8.78 Å². The Morgan fingerprint density at radius 2 is 2.00 bits per heavy atom. The molecule has 8 nitrogen and oxygen atoms in total. The van der Waals surface area contributed by atoms with Crippen molar-refractivity contribution in [2.24, 2.45) is 0 Å². The molecular formula is C18H16ClF4N5O3. The van der Waals surface area contributed by atoms with Crippen molar-refractivity contribution in [1.29, 1.82) is 0 Å². The number of ether oxygens (including phenoxy) is 1. The van der Waals surface area contributed by atoms with Gasteiger partial charge in [-0.15, -0.1) is 0 Å². The van der Waals surface area contributed by atoms with Gasteiger partial charge in [0, 0.05) is 36.6 Å². The van der Waals surface area contributed by atoms with E-state index in [0.717, 1.165) is 24.5 Å². The highest BCUT2D eigenvalue weighted by Gasteiger charge is 2.32. The highest BCUT2D eigenvalue weighted by Crippen LogP contribution is 2.30. The van der Waals surface area contributed by atoms with Crippen LogP contribution in [0.25, 0.3) is 0 Å². The summed E-state index contributed by atoms with van der Waals surface area (Å²) >= 11 is 5.66. The van der Waals surface area contributed by atoms with E-state index in [1.165, 1.54) is 11.8 Å². The number of halogens is 5. The molecule has 166 valence electrons. The molecule has 3 rings (SSSR count). The summed E-state index contributed by atoms with van der Waals surface area (Å²) in [6.45, 7) is -1.23. The van der Waals surface area contributed by atoms with E-state index in [-0.39, 0.29) is 30.1 Å².